The number of oxazole rings is 1. The smallest absolute Gasteiger partial charge is 0.407 e. The molecular weight excluding hydrogens is 338 g/mol. The number of nitro benzene ring substituents is 1. The highest BCUT2D eigenvalue weighted by Crippen LogP contribution is 2.20. The van der Waals surface area contributed by atoms with Gasteiger partial charge in [0.05, 0.1) is 16.5 Å². The van der Waals surface area contributed by atoms with Gasteiger partial charge in [-0.2, -0.15) is 0 Å². The summed E-state index contributed by atoms with van der Waals surface area (Å²) < 4.78 is 6.16. The number of carbonyl (C=O) groups is 1. The number of amides is 1. The Morgan fingerprint density at radius 1 is 1.27 bits per heavy atom. The Morgan fingerprint density at radius 3 is 2.69 bits per heavy atom. The van der Waals surface area contributed by atoms with Crippen LogP contribution in [0.3, 0.4) is 0 Å². The first-order valence-electron chi connectivity index (χ1n) is 8.05. The van der Waals surface area contributed by atoms with E-state index in [0.717, 1.165) is 10.1 Å². The molecular formula is C18H17N3O5. The van der Waals surface area contributed by atoms with Crippen LogP contribution in [-0.4, -0.2) is 21.9 Å². The minimum absolute atomic E-state index is 0.0784. The summed E-state index contributed by atoms with van der Waals surface area (Å²) in [5.41, 5.74) is 1.34. The van der Waals surface area contributed by atoms with E-state index in [4.69, 9.17) is 4.42 Å². The summed E-state index contributed by atoms with van der Waals surface area (Å²) in [6.45, 7) is 2.21. The van der Waals surface area contributed by atoms with Crippen LogP contribution in [0.4, 0.5) is 5.69 Å². The van der Waals surface area contributed by atoms with Gasteiger partial charge < -0.3 is 9.73 Å². The molecule has 2 aromatic carbocycles. The lowest BCUT2D eigenvalue weighted by Gasteiger charge is -2.13. The quantitative estimate of drug-likeness (QED) is 0.540. The summed E-state index contributed by atoms with van der Waals surface area (Å²) in [6, 6.07) is 13.6. The normalized spacial score (nSPS) is 12.0. The molecule has 0 fully saturated rings. The Balaban J connectivity index is 1.70. The minimum Gasteiger partial charge on any atom is -0.407 e. The van der Waals surface area contributed by atoms with Crippen LogP contribution in [0.5, 0.6) is 0 Å². The van der Waals surface area contributed by atoms with E-state index in [2.05, 4.69) is 5.32 Å². The first-order chi connectivity index (χ1) is 12.5. The van der Waals surface area contributed by atoms with Crippen LogP contribution in [-0.2, 0) is 11.3 Å². The van der Waals surface area contributed by atoms with Crippen molar-refractivity contribution in [1.29, 1.82) is 0 Å². The molecule has 0 unspecified atom stereocenters. The second-order valence-corrected chi connectivity index (χ2v) is 5.98. The van der Waals surface area contributed by atoms with Crippen molar-refractivity contribution in [2.45, 2.75) is 19.4 Å². The SMILES string of the molecule is C[C@H](CNC(=O)Cn1c(=O)oc2cc([N+](=O)[O-])ccc21)c1ccccc1. The molecule has 1 atom stereocenters. The van der Waals surface area contributed by atoms with E-state index in [0.29, 0.717) is 12.1 Å². The number of benzene rings is 2. The summed E-state index contributed by atoms with van der Waals surface area (Å²) in [5, 5.41) is 13.6. The number of aromatic nitrogens is 1. The van der Waals surface area contributed by atoms with Gasteiger partial charge in [0.25, 0.3) is 5.69 Å². The molecule has 1 aromatic heterocycles. The van der Waals surface area contributed by atoms with Gasteiger partial charge in [0.2, 0.25) is 5.91 Å². The summed E-state index contributed by atoms with van der Waals surface area (Å²) >= 11 is 0. The van der Waals surface area contributed by atoms with Gasteiger partial charge in [0, 0.05) is 12.6 Å². The van der Waals surface area contributed by atoms with Gasteiger partial charge >= 0.3 is 5.76 Å². The minimum atomic E-state index is -0.730. The van der Waals surface area contributed by atoms with Crippen LogP contribution in [0.15, 0.2) is 57.7 Å². The highest BCUT2D eigenvalue weighted by atomic mass is 16.6. The van der Waals surface area contributed by atoms with E-state index in [-0.39, 0.29) is 29.6 Å². The van der Waals surface area contributed by atoms with Crippen molar-refractivity contribution in [3.05, 3.63) is 74.8 Å². The van der Waals surface area contributed by atoms with E-state index in [1.807, 2.05) is 37.3 Å². The number of nitrogens with zero attached hydrogens (tertiary/aromatic N) is 2. The average molecular weight is 355 g/mol. The van der Waals surface area contributed by atoms with Crippen molar-refractivity contribution in [2.75, 3.05) is 6.54 Å². The second kappa shape index (κ2) is 7.22. The molecule has 0 spiro atoms. The van der Waals surface area contributed by atoms with Crippen LogP contribution < -0.4 is 11.1 Å². The summed E-state index contributed by atoms with van der Waals surface area (Å²) in [6.07, 6.45) is 0. The molecule has 0 radical (unpaired) electrons. The molecule has 0 saturated carbocycles. The van der Waals surface area contributed by atoms with Gasteiger partial charge in [-0.25, -0.2) is 4.79 Å². The third kappa shape index (κ3) is 3.64. The van der Waals surface area contributed by atoms with Gasteiger partial charge in [0.15, 0.2) is 5.58 Å². The number of nitro groups is 1. The Morgan fingerprint density at radius 2 is 2.00 bits per heavy atom. The molecule has 0 aliphatic rings. The third-order valence-electron chi connectivity index (χ3n) is 4.14. The predicted octanol–water partition coefficient (Wildman–Crippen LogP) is 2.42. The molecule has 1 N–H and O–H groups in total. The number of rotatable bonds is 6. The molecule has 26 heavy (non-hydrogen) atoms. The maximum atomic E-state index is 12.2. The lowest BCUT2D eigenvalue weighted by Crippen LogP contribution is -2.33. The molecule has 0 saturated heterocycles. The number of fused-ring (bicyclic) bond motifs is 1. The highest BCUT2D eigenvalue weighted by molar-refractivity contribution is 5.80. The van der Waals surface area contributed by atoms with E-state index < -0.39 is 10.7 Å². The molecule has 3 rings (SSSR count). The fraction of sp³-hybridized carbons (Fsp3) is 0.222. The first-order valence-corrected chi connectivity index (χ1v) is 8.05. The zero-order valence-electron chi connectivity index (χ0n) is 14.0. The molecule has 0 aliphatic heterocycles. The number of carbonyl (C=O) groups excluding carboxylic acids is 1. The molecule has 0 aliphatic carbocycles. The second-order valence-electron chi connectivity index (χ2n) is 5.98. The highest BCUT2D eigenvalue weighted by Gasteiger charge is 2.16. The monoisotopic (exact) mass is 355 g/mol. The summed E-state index contributed by atoms with van der Waals surface area (Å²) in [4.78, 5) is 34.4. The molecule has 1 heterocycles. The maximum Gasteiger partial charge on any atom is 0.420 e. The van der Waals surface area contributed by atoms with Gasteiger partial charge in [-0.15, -0.1) is 0 Å². The topological polar surface area (TPSA) is 107 Å². The number of nitrogens with one attached hydrogen (secondary N) is 1. The van der Waals surface area contributed by atoms with Crippen LogP contribution >= 0.6 is 0 Å². The number of hydrogen-bond donors (Lipinski definition) is 1. The van der Waals surface area contributed by atoms with Gasteiger partial charge in [0.1, 0.15) is 6.54 Å². The van der Waals surface area contributed by atoms with Crippen molar-refractivity contribution >= 4 is 22.7 Å². The van der Waals surface area contributed by atoms with Gasteiger partial charge in [-0.1, -0.05) is 37.3 Å². The van der Waals surface area contributed by atoms with Gasteiger partial charge in [-0.05, 0) is 17.5 Å². The largest absolute Gasteiger partial charge is 0.420 e. The van der Waals surface area contributed by atoms with E-state index >= 15 is 0 Å². The first kappa shape index (κ1) is 17.4. The van der Waals surface area contributed by atoms with E-state index in [9.17, 15) is 19.7 Å². The molecule has 134 valence electrons. The van der Waals surface area contributed by atoms with Crippen molar-refractivity contribution in [1.82, 2.24) is 9.88 Å². The zero-order valence-corrected chi connectivity index (χ0v) is 14.0. The predicted molar refractivity (Wildman–Crippen MR) is 95.0 cm³/mol. The third-order valence-corrected chi connectivity index (χ3v) is 4.14. The Bertz CT molecular complexity index is 1010. The number of hydrogen-bond acceptors (Lipinski definition) is 5. The standard InChI is InChI=1S/C18H17N3O5/c1-12(13-5-3-2-4-6-13)10-19-17(22)11-20-15-8-7-14(21(24)25)9-16(15)26-18(20)23/h2-9,12H,10-11H2,1H3,(H,19,22)/t12-/m1/s1. The zero-order chi connectivity index (χ0) is 18.7. The Kier molecular flexibility index (Phi) is 4.83. The van der Waals surface area contributed by atoms with Crippen LogP contribution in [0, 0.1) is 10.1 Å². The van der Waals surface area contributed by atoms with Crippen molar-refractivity contribution in [3.63, 3.8) is 0 Å². The fourth-order valence-electron chi connectivity index (χ4n) is 2.68. The molecule has 0 bridgehead atoms. The van der Waals surface area contributed by atoms with Crippen LogP contribution in [0.1, 0.15) is 18.4 Å². The van der Waals surface area contributed by atoms with E-state index in [1.165, 1.54) is 18.2 Å². The lowest BCUT2D eigenvalue weighted by molar-refractivity contribution is -0.384. The van der Waals surface area contributed by atoms with Crippen molar-refractivity contribution in [2.24, 2.45) is 0 Å². The number of non-ortho nitro benzene ring substituents is 1. The van der Waals surface area contributed by atoms with Gasteiger partial charge in [-0.3, -0.25) is 19.5 Å². The molecule has 3 aromatic rings. The Hall–Kier alpha value is -3.42. The summed E-state index contributed by atoms with van der Waals surface area (Å²) in [5.74, 6) is -0.941. The van der Waals surface area contributed by atoms with Crippen LogP contribution in [0.25, 0.3) is 11.1 Å². The van der Waals surface area contributed by atoms with E-state index in [1.54, 1.807) is 0 Å². The van der Waals surface area contributed by atoms with Crippen molar-refractivity contribution in [3.8, 4) is 0 Å². The fourth-order valence-corrected chi connectivity index (χ4v) is 2.68. The molecule has 1 amide bonds. The maximum absolute atomic E-state index is 12.2. The Labute approximate surface area is 148 Å². The lowest BCUT2D eigenvalue weighted by atomic mass is 10.0. The average Bonchev–Trinajstić information content (AvgIpc) is 2.95. The summed E-state index contributed by atoms with van der Waals surface area (Å²) in [7, 11) is 0. The van der Waals surface area contributed by atoms with Crippen molar-refractivity contribution < 1.29 is 14.1 Å². The molecule has 8 heteroatoms. The molecule has 8 nitrogen and oxygen atoms in total. The van der Waals surface area contributed by atoms with Crippen LogP contribution in [0.2, 0.25) is 0 Å².